The molecule has 0 aliphatic carbocycles. The molecule has 1 aromatic rings. The van der Waals surface area contributed by atoms with Gasteiger partial charge in [0.2, 0.25) is 5.91 Å². The van der Waals surface area contributed by atoms with Crippen LogP contribution in [0.4, 0.5) is 5.69 Å². The lowest BCUT2D eigenvalue weighted by atomic mass is 10.1. The first-order valence-corrected chi connectivity index (χ1v) is 7.03. The summed E-state index contributed by atoms with van der Waals surface area (Å²) in [6.07, 6.45) is 0. The predicted molar refractivity (Wildman–Crippen MR) is 80.1 cm³/mol. The Bertz CT molecular complexity index is 464. The predicted octanol–water partition coefficient (Wildman–Crippen LogP) is 1.32. The SMILES string of the molecule is COc1ccccc1NCC(=O)N1CCNC(C)C1C. The van der Waals surface area contributed by atoms with Crippen LogP contribution in [0.3, 0.4) is 0 Å². The molecular weight excluding hydrogens is 254 g/mol. The average molecular weight is 277 g/mol. The van der Waals surface area contributed by atoms with Crippen LogP contribution >= 0.6 is 0 Å². The van der Waals surface area contributed by atoms with E-state index < -0.39 is 0 Å². The quantitative estimate of drug-likeness (QED) is 0.871. The van der Waals surface area contributed by atoms with Crippen molar-refractivity contribution in [3.05, 3.63) is 24.3 Å². The highest BCUT2D eigenvalue weighted by Gasteiger charge is 2.27. The molecule has 2 atom stereocenters. The van der Waals surface area contributed by atoms with Crippen molar-refractivity contribution >= 4 is 11.6 Å². The zero-order chi connectivity index (χ0) is 14.5. The number of methoxy groups -OCH3 is 1. The lowest BCUT2D eigenvalue weighted by molar-refractivity contribution is -0.132. The number of carbonyl (C=O) groups excluding carboxylic acids is 1. The third kappa shape index (κ3) is 3.22. The van der Waals surface area contributed by atoms with Crippen molar-refractivity contribution < 1.29 is 9.53 Å². The van der Waals surface area contributed by atoms with Crippen molar-refractivity contribution in [2.24, 2.45) is 0 Å². The summed E-state index contributed by atoms with van der Waals surface area (Å²) in [7, 11) is 1.63. The first-order chi connectivity index (χ1) is 9.63. The number of amides is 1. The van der Waals surface area contributed by atoms with E-state index in [9.17, 15) is 4.79 Å². The molecule has 110 valence electrons. The molecule has 0 bridgehead atoms. The molecule has 0 spiro atoms. The number of ether oxygens (including phenoxy) is 1. The monoisotopic (exact) mass is 277 g/mol. The Hall–Kier alpha value is -1.75. The van der Waals surface area contributed by atoms with Crippen molar-refractivity contribution in [3.8, 4) is 5.75 Å². The molecule has 0 radical (unpaired) electrons. The van der Waals surface area contributed by atoms with Gasteiger partial charge in [-0.05, 0) is 26.0 Å². The van der Waals surface area contributed by atoms with Gasteiger partial charge in [-0.2, -0.15) is 0 Å². The standard InChI is InChI=1S/C15H23N3O2/c1-11-12(2)18(9-8-16-11)15(19)10-17-13-6-4-5-7-14(13)20-3/h4-7,11-12,16-17H,8-10H2,1-3H3. The Morgan fingerprint density at radius 1 is 1.45 bits per heavy atom. The van der Waals surface area contributed by atoms with E-state index >= 15 is 0 Å². The molecule has 0 saturated carbocycles. The molecule has 1 amide bonds. The third-order valence-electron chi connectivity index (χ3n) is 3.89. The molecule has 1 aliphatic heterocycles. The van der Waals surface area contributed by atoms with Gasteiger partial charge in [-0.1, -0.05) is 12.1 Å². The normalized spacial score (nSPS) is 22.4. The van der Waals surface area contributed by atoms with Crippen LogP contribution in [0.1, 0.15) is 13.8 Å². The number of nitrogens with one attached hydrogen (secondary N) is 2. The Balaban J connectivity index is 1.95. The molecule has 1 aromatic carbocycles. The average Bonchev–Trinajstić information content (AvgIpc) is 2.48. The minimum absolute atomic E-state index is 0.122. The molecule has 1 fully saturated rings. The van der Waals surface area contributed by atoms with E-state index in [0.717, 1.165) is 24.5 Å². The molecule has 2 unspecified atom stereocenters. The summed E-state index contributed by atoms with van der Waals surface area (Å²) in [6.45, 7) is 6.09. The van der Waals surface area contributed by atoms with E-state index in [1.165, 1.54) is 0 Å². The fraction of sp³-hybridized carbons (Fsp3) is 0.533. The molecule has 1 aliphatic rings. The van der Waals surface area contributed by atoms with Gasteiger partial charge in [0.1, 0.15) is 5.75 Å². The first-order valence-electron chi connectivity index (χ1n) is 7.03. The van der Waals surface area contributed by atoms with Crippen LogP contribution in [0.25, 0.3) is 0 Å². The van der Waals surface area contributed by atoms with E-state index in [0.29, 0.717) is 6.04 Å². The fourth-order valence-electron chi connectivity index (χ4n) is 2.47. The van der Waals surface area contributed by atoms with Crippen LogP contribution in [-0.4, -0.2) is 49.6 Å². The van der Waals surface area contributed by atoms with Crippen molar-refractivity contribution in [2.75, 3.05) is 32.1 Å². The number of hydrogen-bond donors (Lipinski definition) is 2. The lowest BCUT2D eigenvalue weighted by Gasteiger charge is -2.38. The third-order valence-corrected chi connectivity index (χ3v) is 3.89. The van der Waals surface area contributed by atoms with Gasteiger partial charge in [0.05, 0.1) is 19.3 Å². The first kappa shape index (κ1) is 14.7. The largest absolute Gasteiger partial charge is 0.495 e. The molecule has 5 heteroatoms. The van der Waals surface area contributed by atoms with Crippen molar-refractivity contribution in [1.29, 1.82) is 0 Å². The van der Waals surface area contributed by atoms with Gasteiger partial charge in [0.15, 0.2) is 0 Å². The smallest absolute Gasteiger partial charge is 0.242 e. The zero-order valence-electron chi connectivity index (χ0n) is 12.3. The van der Waals surface area contributed by atoms with E-state index in [-0.39, 0.29) is 18.5 Å². The number of anilines is 1. The Morgan fingerprint density at radius 2 is 2.20 bits per heavy atom. The van der Waals surface area contributed by atoms with Crippen LogP contribution in [0.15, 0.2) is 24.3 Å². The second-order valence-corrected chi connectivity index (χ2v) is 5.12. The zero-order valence-corrected chi connectivity index (χ0v) is 12.3. The number of benzene rings is 1. The molecular formula is C15H23N3O2. The van der Waals surface area contributed by atoms with E-state index in [1.54, 1.807) is 7.11 Å². The second-order valence-electron chi connectivity index (χ2n) is 5.12. The van der Waals surface area contributed by atoms with E-state index in [2.05, 4.69) is 24.5 Å². The maximum atomic E-state index is 12.3. The molecule has 2 N–H and O–H groups in total. The van der Waals surface area contributed by atoms with E-state index in [1.807, 2.05) is 29.2 Å². The molecule has 1 saturated heterocycles. The van der Waals surface area contributed by atoms with Crippen molar-refractivity contribution in [2.45, 2.75) is 25.9 Å². The summed E-state index contributed by atoms with van der Waals surface area (Å²) in [6, 6.07) is 8.17. The maximum Gasteiger partial charge on any atom is 0.242 e. The topological polar surface area (TPSA) is 53.6 Å². The minimum Gasteiger partial charge on any atom is -0.495 e. The van der Waals surface area contributed by atoms with Gasteiger partial charge in [-0.25, -0.2) is 0 Å². The van der Waals surface area contributed by atoms with Crippen molar-refractivity contribution in [1.82, 2.24) is 10.2 Å². The van der Waals surface area contributed by atoms with Crippen LogP contribution in [0, 0.1) is 0 Å². The minimum atomic E-state index is 0.122. The number of nitrogens with zero attached hydrogens (tertiary/aromatic N) is 1. The molecule has 20 heavy (non-hydrogen) atoms. The van der Waals surface area contributed by atoms with Crippen LogP contribution in [-0.2, 0) is 4.79 Å². The number of hydrogen-bond acceptors (Lipinski definition) is 4. The molecule has 0 aromatic heterocycles. The van der Waals surface area contributed by atoms with Crippen LogP contribution in [0.5, 0.6) is 5.75 Å². The van der Waals surface area contributed by atoms with Gasteiger partial charge in [0.25, 0.3) is 0 Å². The number of carbonyl (C=O) groups is 1. The van der Waals surface area contributed by atoms with Gasteiger partial charge < -0.3 is 20.3 Å². The summed E-state index contributed by atoms with van der Waals surface area (Å²) >= 11 is 0. The summed E-state index contributed by atoms with van der Waals surface area (Å²) in [5.41, 5.74) is 0.846. The Kier molecular flexibility index (Phi) is 4.84. The number of para-hydroxylation sites is 2. The number of rotatable bonds is 4. The summed E-state index contributed by atoms with van der Waals surface area (Å²) in [5.74, 6) is 0.874. The summed E-state index contributed by atoms with van der Waals surface area (Å²) < 4.78 is 5.26. The van der Waals surface area contributed by atoms with Gasteiger partial charge >= 0.3 is 0 Å². The highest BCUT2D eigenvalue weighted by atomic mass is 16.5. The second kappa shape index (κ2) is 6.61. The summed E-state index contributed by atoms with van der Waals surface area (Å²) in [4.78, 5) is 14.3. The fourth-order valence-corrected chi connectivity index (χ4v) is 2.47. The Morgan fingerprint density at radius 3 is 2.95 bits per heavy atom. The summed E-state index contributed by atoms with van der Waals surface area (Å²) in [5, 5.41) is 6.53. The number of piperazine rings is 1. The molecule has 2 rings (SSSR count). The van der Waals surface area contributed by atoms with Gasteiger partial charge in [-0.3, -0.25) is 4.79 Å². The van der Waals surface area contributed by atoms with Crippen molar-refractivity contribution in [3.63, 3.8) is 0 Å². The Labute approximate surface area is 120 Å². The highest BCUT2D eigenvalue weighted by molar-refractivity contribution is 5.82. The molecule has 1 heterocycles. The van der Waals surface area contributed by atoms with E-state index in [4.69, 9.17) is 4.74 Å². The van der Waals surface area contributed by atoms with Gasteiger partial charge in [0, 0.05) is 25.2 Å². The van der Waals surface area contributed by atoms with Gasteiger partial charge in [-0.15, -0.1) is 0 Å². The lowest BCUT2D eigenvalue weighted by Crippen LogP contribution is -2.58. The molecule has 5 nitrogen and oxygen atoms in total. The van der Waals surface area contributed by atoms with Crippen LogP contribution < -0.4 is 15.4 Å². The van der Waals surface area contributed by atoms with Crippen LogP contribution in [0.2, 0.25) is 0 Å². The highest BCUT2D eigenvalue weighted by Crippen LogP contribution is 2.22. The maximum absolute atomic E-state index is 12.3.